The summed E-state index contributed by atoms with van der Waals surface area (Å²) in [5, 5.41) is 9.84. The fourth-order valence-corrected chi connectivity index (χ4v) is 6.35. The molecule has 1 aromatic heterocycles. The number of carbonyl (C=O) groups is 1. The van der Waals surface area contributed by atoms with Crippen LogP contribution in [0.25, 0.3) is 0 Å². The van der Waals surface area contributed by atoms with E-state index in [4.69, 9.17) is 25.4 Å². The van der Waals surface area contributed by atoms with Crippen LogP contribution in [0.5, 0.6) is 0 Å². The average Bonchev–Trinajstić information content (AvgIpc) is 3.04. The Labute approximate surface area is 215 Å². The second-order valence-corrected chi connectivity index (χ2v) is 11.8. The van der Waals surface area contributed by atoms with Crippen molar-refractivity contribution in [2.24, 2.45) is 16.1 Å². The van der Waals surface area contributed by atoms with Crippen LogP contribution in [0.15, 0.2) is 50.9 Å². The van der Waals surface area contributed by atoms with Crippen molar-refractivity contribution >= 4 is 31.5 Å². The lowest BCUT2D eigenvalue weighted by Gasteiger charge is -2.36. The van der Waals surface area contributed by atoms with Gasteiger partial charge in [0.05, 0.1) is 19.1 Å². The van der Waals surface area contributed by atoms with Gasteiger partial charge in [0.15, 0.2) is 11.9 Å². The largest absolute Gasteiger partial charge is 0.481 e. The van der Waals surface area contributed by atoms with Crippen molar-refractivity contribution < 1.29 is 32.6 Å². The molecule has 0 bridgehead atoms. The van der Waals surface area contributed by atoms with Gasteiger partial charge in [0.1, 0.15) is 6.10 Å². The molecule has 0 radical (unpaired) electrons. The number of nitrogens with one attached hydrogen (secondary N) is 1. The second-order valence-electron chi connectivity index (χ2n) is 9.77. The normalized spacial score (nSPS) is 32.9. The van der Waals surface area contributed by atoms with Crippen molar-refractivity contribution in [3.05, 3.63) is 68.0 Å². The molecule has 2 unspecified atom stereocenters. The number of alkyl halides is 1. The molecule has 0 aliphatic carbocycles. The quantitative estimate of drug-likeness (QED) is 0.487. The number of halogens is 2. The minimum absolute atomic E-state index is 0.455. The predicted molar refractivity (Wildman–Crippen MR) is 132 cm³/mol. The van der Waals surface area contributed by atoms with Crippen molar-refractivity contribution in [2.75, 3.05) is 6.61 Å². The lowest BCUT2D eigenvalue weighted by atomic mass is 9.84. The van der Waals surface area contributed by atoms with E-state index in [-0.39, 0.29) is 0 Å². The maximum absolute atomic E-state index is 16.0. The van der Waals surface area contributed by atoms with Crippen LogP contribution < -0.4 is 11.2 Å². The predicted octanol–water partition coefficient (Wildman–Crippen LogP) is 3.90. The van der Waals surface area contributed by atoms with Crippen molar-refractivity contribution in [1.82, 2.24) is 9.55 Å². The third kappa shape index (κ3) is 5.63. The van der Waals surface area contributed by atoms with Gasteiger partial charge in [-0.15, -0.1) is 0 Å². The Kier molecular flexibility index (Phi) is 7.35. The summed E-state index contributed by atoms with van der Waals surface area (Å²) in [6.45, 7) is 4.21. The summed E-state index contributed by atoms with van der Waals surface area (Å²) < 4.78 is 51.3. The van der Waals surface area contributed by atoms with Crippen LogP contribution in [0.1, 0.15) is 45.1 Å². The van der Waals surface area contributed by atoms with Crippen molar-refractivity contribution in [1.29, 1.82) is 0 Å². The number of aromatic nitrogens is 2. The number of ether oxygens (including phenoxy) is 1. The number of hydrogen-bond donors (Lipinski definition) is 2. The van der Waals surface area contributed by atoms with Gasteiger partial charge < -0.3 is 9.84 Å². The summed E-state index contributed by atoms with van der Waals surface area (Å²) >= 11 is 6.11. The molecule has 6 atom stereocenters. The van der Waals surface area contributed by atoms with Crippen molar-refractivity contribution in [2.45, 2.75) is 51.3 Å². The molecule has 0 spiro atoms. The Morgan fingerprint density at radius 3 is 2.70 bits per heavy atom. The van der Waals surface area contributed by atoms with E-state index in [1.54, 1.807) is 24.3 Å². The number of nitrogens with zero attached hydrogens (tertiary/aromatic N) is 2. The Balaban J connectivity index is 1.59. The van der Waals surface area contributed by atoms with Gasteiger partial charge in [-0.3, -0.25) is 28.2 Å². The summed E-state index contributed by atoms with van der Waals surface area (Å²) in [4.78, 5) is 37.2. The molecular weight excluding hydrogens is 532 g/mol. The van der Waals surface area contributed by atoms with Crippen molar-refractivity contribution in [3.63, 3.8) is 0 Å². The fourth-order valence-electron chi connectivity index (χ4n) is 4.54. The molecule has 2 aliphatic heterocycles. The average molecular weight is 558 g/mol. The smallest absolute Gasteiger partial charge is 0.454 e. The van der Waals surface area contributed by atoms with Crippen LogP contribution >= 0.6 is 19.3 Å². The maximum Gasteiger partial charge on any atom is 0.454 e. The van der Waals surface area contributed by atoms with Crippen LogP contribution in [-0.4, -0.2) is 45.2 Å². The monoisotopic (exact) mass is 557 g/mol. The minimum Gasteiger partial charge on any atom is -0.481 e. The van der Waals surface area contributed by atoms with Crippen molar-refractivity contribution in [3.8, 4) is 0 Å². The number of carboxylic acid groups (broad SMARTS) is 1. The molecule has 2 N–H and O–H groups in total. The number of benzene rings is 1. The zero-order valence-corrected chi connectivity index (χ0v) is 21.8. The second kappa shape index (κ2) is 9.92. The highest BCUT2D eigenvalue weighted by Gasteiger charge is 2.57. The van der Waals surface area contributed by atoms with Gasteiger partial charge in [-0.1, -0.05) is 37.6 Å². The highest BCUT2D eigenvalue weighted by molar-refractivity contribution is 7.52. The standard InChI is InChI=1S/C23H26ClFN3O8P/c1-22(2)12-26-37(33,36-19(22)13-5-4-6-14(24)9-13)34-11-16-15(10-18(30)31)23(3,25)20(35-16)28-8-7-17(29)27-21(28)32/h4-9,12,15-16,19-20H,10-11H2,1-3H3,(H,30,31)(H,27,29,32)/t15-,16+,19?,20-,23-,37?/m1/s1. The fraction of sp³-hybridized carbons (Fsp3) is 0.478. The Bertz CT molecular complexity index is 1390. The maximum atomic E-state index is 16.0. The lowest BCUT2D eigenvalue weighted by molar-refractivity contribution is -0.139. The molecule has 4 rings (SSSR count). The molecular formula is C23H26ClFN3O8P. The molecule has 14 heteroatoms. The molecule has 200 valence electrons. The van der Waals surface area contributed by atoms with Gasteiger partial charge >= 0.3 is 19.4 Å². The number of H-pyrrole nitrogens is 1. The molecule has 0 saturated carbocycles. The first-order chi connectivity index (χ1) is 17.2. The number of hydrogen-bond acceptors (Lipinski definition) is 7. The van der Waals surface area contributed by atoms with Gasteiger partial charge in [-0.25, -0.2) is 13.8 Å². The lowest BCUT2D eigenvalue weighted by Crippen LogP contribution is -2.41. The van der Waals surface area contributed by atoms with E-state index in [1.165, 1.54) is 6.21 Å². The van der Waals surface area contributed by atoms with E-state index >= 15 is 4.39 Å². The van der Waals surface area contributed by atoms with Crippen LogP contribution in [0.4, 0.5) is 4.39 Å². The van der Waals surface area contributed by atoms with Gasteiger partial charge in [-0.2, -0.15) is 4.76 Å². The Morgan fingerprint density at radius 2 is 2.05 bits per heavy atom. The summed E-state index contributed by atoms with van der Waals surface area (Å²) in [5.41, 5.74) is -4.03. The molecule has 1 fully saturated rings. The van der Waals surface area contributed by atoms with E-state index < -0.39 is 73.4 Å². The third-order valence-electron chi connectivity index (χ3n) is 6.46. The molecule has 1 aromatic carbocycles. The first-order valence-electron chi connectivity index (χ1n) is 11.3. The van der Waals surface area contributed by atoms with Gasteiger partial charge in [0.2, 0.25) is 0 Å². The number of rotatable bonds is 7. The summed E-state index contributed by atoms with van der Waals surface area (Å²) in [5.74, 6) is -2.60. The Morgan fingerprint density at radius 1 is 1.32 bits per heavy atom. The molecule has 2 aromatic rings. The highest BCUT2D eigenvalue weighted by atomic mass is 35.5. The van der Waals surface area contributed by atoms with Crippen LogP contribution in [0, 0.1) is 11.3 Å². The van der Waals surface area contributed by atoms with E-state index in [0.29, 0.717) is 10.6 Å². The van der Waals surface area contributed by atoms with E-state index in [9.17, 15) is 24.1 Å². The van der Waals surface area contributed by atoms with Gasteiger partial charge in [0, 0.05) is 34.8 Å². The number of aliphatic carboxylic acids is 1. The van der Waals surface area contributed by atoms with E-state index in [1.807, 2.05) is 18.8 Å². The minimum atomic E-state index is -4.13. The molecule has 1 saturated heterocycles. The SMILES string of the molecule is CC1(C)C=NP(=O)(OC[C@@H]2O[C@@H](n3ccc(=O)[nH]c3=O)[C@](C)(F)[C@@H]2CC(=O)O)OC1c1cccc(Cl)c1. The third-order valence-corrected chi connectivity index (χ3v) is 8.04. The molecule has 37 heavy (non-hydrogen) atoms. The first-order valence-corrected chi connectivity index (χ1v) is 13.2. The Hall–Kier alpha value is -2.63. The zero-order chi connectivity index (χ0) is 27.2. The first kappa shape index (κ1) is 27.4. The summed E-state index contributed by atoms with van der Waals surface area (Å²) in [7, 11) is -4.13. The number of carboxylic acids is 1. The summed E-state index contributed by atoms with van der Waals surface area (Å²) in [6, 6.07) is 7.84. The summed E-state index contributed by atoms with van der Waals surface area (Å²) in [6.07, 6.45) is -1.72. The highest BCUT2D eigenvalue weighted by Crippen LogP contribution is 2.60. The molecule has 0 amide bonds. The van der Waals surface area contributed by atoms with Gasteiger partial charge in [0.25, 0.3) is 5.56 Å². The molecule has 3 heterocycles. The number of aromatic amines is 1. The molecule has 2 aliphatic rings. The zero-order valence-electron chi connectivity index (χ0n) is 20.2. The van der Waals surface area contributed by atoms with Crippen LogP contribution in [-0.2, 0) is 23.1 Å². The van der Waals surface area contributed by atoms with Gasteiger partial charge in [-0.05, 0) is 24.6 Å². The van der Waals surface area contributed by atoms with Crippen LogP contribution in [0.2, 0.25) is 5.02 Å². The topological polar surface area (TPSA) is 149 Å². The molecule has 11 nitrogen and oxygen atoms in total. The van der Waals surface area contributed by atoms with Crippen LogP contribution in [0.3, 0.4) is 0 Å². The van der Waals surface area contributed by atoms with E-state index in [2.05, 4.69) is 4.76 Å². The van der Waals surface area contributed by atoms with E-state index in [0.717, 1.165) is 23.8 Å².